The maximum Gasteiger partial charge on any atom is 0.255 e. The third-order valence-electron chi connectivity index (χ3n) is 5.17. The molecule has 0 radical (unpaired) electrons. The highest BCUT2D eigenvalue weighted by molar-refractivity contribution is 9.10. The van der Waals surface area contributed by atoms with Gasteiger partial charge in [0, 0.05) is 12.0 Å². The van der Waals surface area contributed by atoms with Crippen LogP contribution in [-0.2, 0) is 9.59 Å². The van der Waals surface area contributed by atoms with Gasteiger partial charge in [0.2, 0.25) is 5.91 Å². The Labute approximate surface area is 187 Å². The number of amides is 2. The lowest BCUT2D eigenvalue weighted by Crippen LogP contribution is -2.55. The predicted molar refractivity (Wildman–Crippen MR) is 121 cm³/mol. The van der Waals surface area contributed by atoms with E-state index in [1.165, 1.54) is 11.8 Å². The first-order valence-corrected chi connectivity index (χ1v) is 11.5. The molecule has 0 saturated carbocycles. The Bertz CT molecular complexity index is 1040. The van der Waals surface area contributed by atoms with Crippen molar-refractivity contribution in [2.45, 2.75) is 25.6 Å². The van der Waals surface area contributed by atoms with Gasteiger partial charge < -0.3 is 10.1 Å². The van der Waals surface area contributed by atoms with Crippen molar-refractivity contribution in [2.75, 3.05) is 18.3 Å². The largest absolute Gasteiger partial charge is 0.496 e. The number of nitrogens with one attached hydrogen (secondary N) is 1. The van der Waals surface area contributed by atoms with Gasteiger partial charge in [-0.2, -0.15) is 0 Å². The minimum atomic E-state index is -0.635. The van der Waals surface area contributed by atoms with E-state index < -0.39 is 12.2 Å². The van der Waals surface area contributed by atoms with Crippen molar-refractivity contribution in [1.82, 2.24) is 10.3 Å². The summed E-state index contributed by atoms with van der Waals surface area (Å²) in [6, 6.07) is 12.5. The molecule has 0 saturated heterocycles. The van der Waals surface area contributed by atoms with E-state index in [0.717, 1.165) is 21.3 Å². The number of nitrogens with zero attached hydrogens (tertiary/aromatic N) is 3. The number of amidine groups is 1. The molecule has 2 aromatic carbocycles. The third-order valence-corrected chi connectivity index (χ3v) is 6.36. The molecule has 7 nitrogen and oxygen atoms in total. The number of hydrazone groups is 1. The summed E-state index contributed by atoms with van der Waals surface area (Å²) in [6.07, 6.45) is 1.60. The molecule has 1 N–H and O–H groups in total. The van der Waals surface area contributed by atoms with Crippen LogP contribution in [0.2, 0.25) is 0 Å². The van der Waals surface area contributed by atoms with Crippen molar-refractivity contribution in [1.29, 1.82) is 0 Å². The van der Waals surface area contributed by atoms with Gasteiger partial charge in [-0.05, 0) is 45.9 Å². The SMILES string of the molecule is CCC(=O)N1c2ccccc2[C@@H]2C(=O)NC(SC)=NN2[C@@H]1c1ccc(OC)c(Br)c1. The zero-order valence-electron chi connectivity index (χ0n) is 16.8. The fourth-order valence-corrected chi connectivity index (χ4v) is 4.76. The number of benzene rings is 2. The molecule has 2 atom stereocenters. The van der Waals surface area contributed by atoms with Crippen LogP contribution in [0.4, 0.5) is 5.69 Å². The van der Waals surface area contributed by atoms with Gasteiger partial charge in [-0.15, -0.1) is 5.10 Å². The van der Waals surface area contributed by atoms with Gasteiger partial charge in [-0.1, -0.05) is 43.0 Å². The zero-order valence-corrected chi connectivity index (χ0v) is 19.2. The molecule has 30 heavy (non-hydrogen) atoms. The Balaban J connectivity index is 1.97. The normalized spacial score (nSPS) is 20.1. The number of rotatable bonds is 3. The first-order valence-electron chi connectivity index (χ1n) is 9.46. The molecule has 9 heteroatoms. The summed E-state index contributed by atoms with van der Waals surface area (Å²) < 4.78 is 6.12. The van der Waals surface area contributed by atoms with Crippen molar-refractivity contribution in [3.8, 4) is 5.75 Å². The molecule has 2 aromatic rings. The average molecular weight is 489 g/mol. The van der Waals surface area contributed by atoms with E-state index in [4.69, 9.17) is 9.84 Å². The number of hydrogen-bond donors (Lipinski definition) is 1. The summed E-state index contributed by atoms with van der Waals surface area (Å²) >= 11 is 4.89. The minimum Gasteiger partial charge on any atom is -0.496 e. The highest BCUT2D eigenvalue weighted by Gasteiger charge is 2.47. The molecule has 0 aliphatic carbocycles. The van der Waals surface area contributed by atoms with E-state index in [9.17, 15) is 9.59 Å². The van der Waals surface area contributed by atoms with Gasteiger partial charge in [-0.25, -0.2) is 0 Å². The molecule has 0 unspecified atom stereocenters. The first-order chi connectivity index (χ1) is 14.5. The van der Waals surface area contributed by atoms with Crippen LogP contribution in [0, 0.1) is 0 Å². The van der Waals surface area contributed by atoms with E-state index in [2.05, 4.69) is 21.2 Å². The first kappa shape index (κ1) is 20.7. The summed E-state index contributed by atoms with van der Waals surface area (Å²) in [5.41, 5.74) is 2.30. The second kappa shape index (κ2) is 8.31. The van der Waals surface area contributed by atoms with E-state index in [-0.39, 0.29) is 11.8 Å². The van der Waals surface area contributed by atoms with Crippen LogP contribution in [0.15, 0.2) is 52.0 Å². The van der Waals surface area contributed by atoms with Crippen LogP contribution < -0.4 is 15.0 Å². The number of thioether (sulfide) groups is 1. The van der Waals surface area contributed by atoms with Gasteiger partial charge >= 0.3 is 0 Å². The fraction of sp³-hybridized carbons (Fsp3) is 0.286. The molecule has 2 aliphatic heterocycles. The number of hydrogen-bond acceptors (Lipinski definition) is 6. The number of carbonyl (C=O) groups is 2. The van der Waals surface area contributed by atoms with Gasteiger partial charge in [-0.3, -0.25) is 19.5 Å². The molecular weight excluding hydrogens is 468 g/mol. The Morgan fingerprint density at radius 1 is 1.30 bits per heavy atom. The van der Waals surface area contributed by atoms with E-state index in [0.29, 0.717) is 17.3 Å². The average Bonchev–Trinajstić information content (AvgIpc) is 2.77. The van der Waals surface area contributed by atoms with Crippen molar-refractivity contribution >= 4 is 50.4 Å². The maximum atomic E-state index is 13.1. The lowest BCUT2D eigenvalue weighted by Gasteiger charge is -2.48. The molecule has 4 rings (SSSR count). The Hall–Kier alpha value is -2.52. The van der Waals surface area contributed by atoms with Crippen LogP contribution in [0.25, 0.3) is 0 Å². The summed E-state index contributed by atoms with van der Waals surface area (Å²) in [6.45, 7) is 1.83. The highest BCUT2D eigenvalue weighted by Crippen LogP contribution is 2.47. The molecule has 2 heterocycles. The number of para-hydroxylation sites is 1. The van der Waals surface area contributed by atoms with Crippen LogP contribution in [0.1, 0.15) is 36.7 Å². The molecule has 0 fully saturated rings. The van der Waals surface area contributed by atoms with Gasteiger partial charge in [0.1, 0.15) is 5.75 Å². The maximum absolute atomic E-state index is 13.1. The van der Waals surface area contributed by atoms with Crippen LogP contribution in [0.3, 0.4) is 0 Å². The summed E-state index contributed by atoms with van der Waals surface area (Å²) in [7, 11) is 1.60. The van der Waals surface area contributed by atoms with Gasteiger partial charge in [0.15, 0.2) is 17.4 Å². The number of halogens is 1. The number of ether oxygens (including phenoxy) is 1. The zero-order chi connectivity index (χ0) is 21.4. The number of carbonyl (C=O) groups excluding carboxylic acids is 2. The quantitative estimate of drug-likeness (QED) is 0.705. The summed E-state index contributed by atoms with van der Waals surface area (Å²) in [5, 5.41) is 9.80. The summed E-state index contributed by atoms with van der Waals surface area (Å²) in [4.78, 5) is 27.9. The standard InChI is InChI=1S/C21H21BrN4O3S/c1-4-17(27)25-15-8-6-5-7-13(15)18-19(28)23-21(30-3)24-26(18)20(25)12-9-10-16(29-2)14(22)11-12/h5-11,18,20H,4H2,1-3H3,(H,23,24,28)/t18-,20-/m1/s1. The number of anilines is 1. The molecule has 0 aromatic heterocycles. The molecule has 156 valence electrons. The molecule has 0 spiro atoms. The van der Waals surface area contributed by atoms with Gasteiger partial charge in [0.25, 0.3) is 5.91 Å². The van der Waals surface area contributed by atoms with Gasteiger partial charge in [0.05, 0.1) is 17.3 Å². The third kappa shape index (κ3) is 3.35. The number of fused-ring (bicyclic) bond motifs is 3. The lowest BCUT2D eigenvalue weighted by molar-refractivity contribution is -0.130. The van der Waals surface area contributed by atoms with Crippen LogP contribution >= 0.6 is 27.7 Å². The van der Waals surface area contributed by atoms with Crippen molar-refractivity contribution in [3.05, 3.63) is 58.1 Å². The lowest BCUT2D eigenvalue weighted by atomic mass is 9.95. The smallest absolute Gasteiger partial charge is 0.255 e. The summed E-state index contributed by atoms with van der Waals surface area (Å²) in [5.74, 6) is 0.470. The molecular formula is C21H21BrN4O3S. The monoisotopic (exact) mass is 488 g/mol. The predicted octanol–water partition coefficient (Wildman–Crippen LogP) is 4.02. The van der Waals surface area contributed by atoms with Crippen LogP contribution in [-0.4, -0.2) is 35.4 Å². The Kier molecular flexibility index (Phi) is 5.75. The molecule has 0 bridgehead atoms. The Morgan fingerprint density at radius 2 is 2.07 bits per heavy atom. The second-order valence-corrected chi connectivity index (χ2v) is 8.47. The van der Waals surface area contributed by atoms with Crippen molar-refractivity contribution < 1.29 is 14.3 Å². The van der Waals surface area contributed by atoms with E-state index in [1.807, 2.05) is 55.6 Å². The van der Waals surface area contributed by atoms with Crippen molar-refractivity contribution in [2.24, 2.45) is 5.10 Å². The minimum absolute atomic E-state index is 0.0512. The van der Waals surface area contributed by atoms with Crippen LogP contribution in [0.5, 0.6) is 5.75 Å². The molecule has 2 aliphatic rings. The van der Waals surface area contributed by atoms with E-state index in [1.54, 1.807) is 17.0 Å². The highest BCUT2D eigenvalue weighted by atomic mass is 79.9. The molecule has 2 amide bonds. The number of methoxy groups -OCH3 is 1. The second-order valence-electron chi connectivity index (χ2n) is 6.82. The topological polar surface area (TPSA) is 74.2 Å². The van der Waals surface area contributed by atoms with E-state index >= 15 is 0 Å². The Morgan fingerprint density at radius 3 is 2.73 bits per heavy atom. The van der Waals surface area contributed by atoms with Crippen molar-refractivity contribution in [3.63, 3.8) is 0 Å². The fourth-order valence-electron chi connectivity index (χ4n) is 3.83.